The summed E-state index contributed by atoms with van der Waals surface area (Å²) in [6.07, 6.45) is 3.70. The van der Waals surface area contributed by atoms with E-state index in [2.05, 4.69) is 237 Å². The van der Waals surface area contributed by atoms with Crippen LogP contribution in [0.25, 0.3) is 256 Å². The van der Waals surface area contributed by atoms with Crippen LogP contribution in [-0.2, 0) is 0 Å². The second-order valence-corrected chi connectivity index (χ2v) is 32.1. The number of nitrogens with zero attached hydrogens (tertiary/aromatic N) is 12. The molecule has 131 heavy (non-hydrogen) atoms. The van der Waals surface area contributed by atoms with Crippen molar-refractivity contribution in [2.75, 3.05) is 0 Å². The molecule has 0 spiro atoms. The fourth-order valence-electron chi connectivity index (χ4n) is 17.5. The third-order valence-corrected chi connectivity index (χ3v) is 24.0. The molecule has 0 aliphatic rings. The van der Waals surface area contributed by atoms with Crippen molar-refractivity contribution in [1.29, 1.82) is 0 Å². The number of benzene rings is 17. The standard InChI is InChI=1S/2C40H24N4O.C36H22N4O/c1-2-11-31-29(9-1)30-10-3-4-12-32(30)41-37(31)25-17-19-26(20-18-25)38-39(43-34-14-6-5-13-33(34)42-38)27-21-23-28(24-22-27)40-44-35-15-7-8-16-36(35)45-40;1-2-10-31-30(9-1)32(24-29-8-7-23-41-37(29)31)25-15-17-26(18-16-25)38-39(43-34-12-4-3-11-33(34)42-38)27-19-21-28(22-20-27)40-44-35-13-5-6-14-36(35)45-40;1-2-11-30-29(10-1)38-34(25-16-14-23(15-17-25)28-9-5-7-24-8-6-22-37-33(24)28)35(39-30)26-18-20-27(21-19-26)36-40-31-12-3-4-13-32(31)41-36/h2*1-24H;1-22H. The summed E-state index contributed by atoms with van der Waals surface area (Å²) < 4.78 is 18.0. The number of pyridine rings is 3. The first-order valence-electron chi connectivity index (χ1n) is 43.3. The molecule has 0 radical (unpaired) electrons. The zero-order chi connectivity index (χ0) is 86.7. The van der Waals surface area contributed by atoms with Crippen molar-refractivity contribution in [1.82, 2.24) is 59.8 Å². The van der Waals surface area contributed by atoms with E-state index in [0.29, 0.717) is 17.7 Å². The lowest BCUT2D eigenvalue weighted by Crippen LogP contribution is -1.96. The molecule has 9 aromatic heterocycles. The van der Waals surface area contributed by atoms with Crippen molar-refractivity contribution in [3.8, 4) is 135 Å². The lowest BCUT2D eigenvalue weighted by atomic mass is 9.94. The molecule has 0 atom stereocenters. The summed E-state index contributed by atoms with van der Waals surface area (Å²) in [5.74, 6) is 1.79. The van der Waals surface area contributed by atoms with Gasteiger partial charge in [-0.3, -0.25) is 9.97 Å². The highest BCUT2D eigenvalue weighted by Gasteiger charge is 2.23. The Hall–Kier alpha value is -18.1. The van der Waals surface area contributed by atoms with Crippen LogP contribution in [0, 0.1) is 0 Å². The maximum absolute atomic E-state index is 6.01. The van der Waals surface area contributed by atoms with Gasteiger partial charge >= 0.3 is 0 Å². The van der Waals surface area contributed by atoms with Gasteiger partial charge in [-0.15, -0.1) is 0 Å². The molecule has 0 aliphatic carbocycles. The van der Waals surface area contributed by atoms with Gasteiger partial charge < -0.3 is 13.3 Å². The van der Waals surface area contributed by atoms with Gasteiger partial charge in [-0.2, -0.15) is 0 Å². The topological polar surface area (TPSA) is 194 Å². The highest BCUT2D eigenvalue weighted by atomic mass is 16.4. The fourth-order valence-corrected chi connectivity index (χ4v) is 17.5. The molecule has 0 amide bonds. The van der Waals surface area contributed by atoms with Crippen LogP contribution >= 0.6 is 0 Å². The third kappa shape index (κ3) is 14.5. The number of fused-ring (bicyclic) bond motifs is 13. The van der Waals surface area contributed by atoms with E-state index in [4.69, 9.17) is 48.1 Å². The highest BCUT2D eigenvalue weighted by molar-refractivity contribution is 6.13. The van der Waals surface area contributed by atoms with E-state index in [0.717, 1.165) is 222 Å². The van der Waals surface area contributed by atoms with Gasteiger partial charge in [0.15, 0.2) is 16.7 Å². The van der Waals surface area contributed by atoms with Gasteiger partial charge in [0.25, 0.3) is 0 Å². The quantitative estimate of drug-likeness (QED) is 0.105. The minimum absolute atomic E-state index is 0.595. The molecule has 0 saturated carbocycles. The number of para-hydroxylation sites is 14. The summed E-state index contributed by atoms with van der Waals surface area (Å²) in [6.45, 7) is 0. The summed E-state index contributed by atoms with van der Waals surface area (Å²) in [4.78, 5) is 59.0. The molecule has 612 valence electrons. The van der Waals surface area contributed by atoms with Crippen LogP contribution < -0.4 is 0 Å². The first kappa shape index (κ1) is 76.6. The van der Waals surface area contributed by atoms with Crippen molar-refractivity contribution >= 4 is 121 Å². The first-order valence-corrected chi connectivity index (χ1v) is 43.3. The molecule has 17 aromatic carbocycles. The van der Waals surface area contributed by atoms with Gasteiger partial charge in [0.1, 0.15) is 16.6 Å². The Morgan fingerprint density at radius 3 is 0.817 bits per heavy atom. The Labute approximate surface area is 749 Å². The van der Waals surface area contributed by atoms with E-state index in [1.54, 1.807) is 0 Å². The van der Waals surface area contributed by atoms with Gasteiger partial charge in [-0.05, 0) is 161 Å². The fraction of sp³-hybridized carbons (Fsp3) is 0. The predicted octanol–water partition coefficient (Wildman–Crippen LogP) is 29.3. The SMILES string of the molecule is c1ccc2nc(-c3ccc(-c4nc5ccccc5c5ccccc45)cc3)c(-c3ccc(-c4nc5ccccc5o4)cc3)nc2c1.c1cnc2c(-c3ccc(-c4nc5ccccc5nc4-c4ccc(-c5nc6ccccc6o5)cc4)cc3)cccc2c1.c1cnc2c(c1)cc(-c1ccc(-c3nc4ccccc4nc3-c3ccc(-c4nc5ccccc5o4)cc3)cc1)c1ccccc12. The third-order valence-electron chi connectivity index (χ3n) is 24.0. The van der Waals surface area contributed by atoms with E-state index in [1.165, 1.54) is 16.3 Å². The lowest BCUT2D eigenvalue weighted by molar-refractivity contribution is 0.619. The summed E-state index contributed by atoms with van der Waals surface area (Å²) in [5, 5.41) is 8.07. The molecule has 0 fully saturated rings. The average Bonchev–Trinajstić information content (AvgIpc) is 1.76. The van der Waals surface area contributed by atoms with E-state index in [9.17, 15) is 0 Å². The number of aromatic nitrogens is 12. The minimum Gasteiger partial charge on any atom is -0.436 e. The molecule has 26 aromatic rings. The van der Waals surface area contributed by atoms with Crippen molar-refractivity contribution in [2.24, 2.45) is 0 Å². The highest BCUT2D eigenvalue weighted by Crippen LogP contribution is 2.43. The minimum atomic E-state index is 0.595. The summed E-state index contributed by atoms with van der Waals surface area (Å²) in [6, 6.07) is 140. The molecule has 0 unspecified atom stereocenters. The molecule has 9 heterocycles. The zero-order valence-corrected chi connectivity index (χ0v) is 70.0. The largest absolute Gasteiger partial charge is 0.436 e. The van der Waals surface area contributed by atoms with E-state index in [1.807, 2.05) is 213 Å². The molecular weight excluding hydrogens is 1610 g/mol. The van der Waals surface area contributed by atoms with Crippen LogP contribution in [0.2, 0.25) is 0 Å². The van der Waals surface area contributed by atoms with E-state index < -0.39 is 0 Å². The van der Waals surface area contributed by atoms with E-state index in [-0.39, 0.29) is 0 Å². The van der Waals surface area contributed by atoms with Crippen LogP contribution in [0.5, 0.6) is 0 Å². The van der Waals surface area contributed by atoms with E-state index >= 15 is 0 Å². The van der Waals surface area contributed by atoms with Gasteiger partial charge in [0, 0.05) is 101 Å². The summed E-state index contributed by atoms with van der Waals surface area (Å²) >= 11 is 0. The molecule has 0 aliphatic heterocycles. The maximum atomic E-state index is 6.01. The van der Waals surface area contributed by atoms with Crippen molar-refractivity contribution in [3.05, 3.63) is 425 Å². The molecule has 0 saturated heterocycles. The van der Waals surface area contributed by atoms with Gasteiger partial charge in [-0.25, -0.2) is 49.8 Å². The molecule has 0 bridgehead atoms. The first-order chi connectivity index (χ1) is 64.9. The van der Waals surface area contributed by atoms with Crippen LogP contribution in [0.15, 0.2) is 438 Å². The summed E-state index contributed by atoms with van der Waals surface area (Å²) in [7, 11) is 0. The van der Waals surface area contributed by atoms with Crippen LogP contribution in [0.1, 0.15) is 0 Å². The zero-order valence-electron chi connectivity index (χ0n) is 70.0. The lowest BCUT2D eigenvalue weighted by Gasteiger charge is -2.13. The van der Waals surface area contributed by atoms with Crippen molar-refractivity contribution in [2.45, 2.75) is 0 Å². The number of hydrogen-bond acceptors (Lipinski definition) is 15. The molecule has 15 heteroatoms. The van der Waals surface area contributed by atoms with Gasteiger partial charge in [-0.1, -0.05) is 279 Å². The number of rotatable bonds is 12. The monoisotopic (exact) mass is 1680 g/mol. The second kappa shape index (κ2) is 32.8. The Morgan fingerprint density at radius 2 is 0.427 bits per heavy atom. The van der Waals surface area contributed by atoms with Crippen molar-refractivity contribution < 1.29 is 13.3 Å². The molecule has 0 N–H and O–H groups in total. The summed E-state index contributed by atoms with van der Waals surface area (Å²) in [5.41, 5.74) is 33.1. The predicted molar refractivity (Wildman–Crippen MR) is 527 cm³/mol. The Balaban J connectivity index is 0.000000109. The molecule has 26 rings (SSSR count). The van der Waals surface area contributed by atoms with Crippen LogP contribution in [0.4, 0.5) is 0 Å². The average molecular weight is 1680 g/mol. The Morgan fingerprint density at radius 1 is 0.153 bits per heavy atom. The number of oxazole rings is 3. The van der Waals surface area contributed by atoms with Gasteiger partial charge in [0.2, 0.25) is 17.7 Å². The smallest absolute Gasteiger partial charge is 0.227 e. The second-order valence-electron chi connectivity index (χ2n) is 32.1. The van der Waals surface area contributed by atoms with Crippen LogP contribution in [0.3, 0.4) is 0 Å². The van der Waals surface area contributed by atoms with Crippen molar-refractivity contribution in [3.63, 3.8) is 0 Å². The maximum Gasteiger partial charge on any atom is 0.227 e. The number of hydrogen-bond donors (Lipinski definition) is 0. The van der Waals surface area contributed by atoms with Gasteiger partial charge in [0.05, 0.1) is 89.5 Å². The molecule has 15 nitrogen and oxygen atoms in total. The van der Waals surface area contributed by atoms with Crippen LogP contribution in [-0.4, -0.2) is 59.8 Å². The Bertz CT molecular complexity index is 8450. The molecular formula is C116H70N12O3. The Kier molecular flexibility index (Phi) is 19.2. The normalized spacial score (nSPS) is 11.5.